The molecule has 1 aliphatic rings. The summed E-state index contributed by atoms with van der Waals surface area (Å²) in [5.74, 6) is -2.12. The Bertz CT molecular complexity index is 1180. The molecule has 0 radical (unpaired) electrons. The SMILES string of the molecule is COCCOc1cc2c(cc1OC)NC(C)(C)NC2=N[C@H](C)c1cc(N)cc(C(F)(F)C(C)(C)O)c1Cl. The minimum absolute atomic E-state index is 0.0861. The number of hydrogen-bond acceptors (Lipinski definition) is 7. The number of nitrogens with zero attached hydrogens (tertiary/aromatic N) is 1. The minimum atomic E-state index is -3.65. The maximum absolute atomic E-state index is 15.1. The van der Waals surface area contributed by atoms with Crippen molar-refractivity contribution in [2.24, 2.45) is 4.99 Å². The van der Waals surface area contributed by atoms with Crippen molar-refractivity contribution in [2.45, 2.75) is 57.8 Å². The fourth-order valence-electron chi connectivity index (χ4n) is 3.99. The molecule has 1 heterocycles. The number of benzene rings is 2. The summed E-state index contributed by atoms with van der Waals surface area (Å²) in [5.41, 5.74) is 4.32. The number of aliphatic imine (C=N–C) groups is 1. The Morgan fingerprint density at radius 2 is 1.78 bits per heavy atom. The van der Waals surface area contributed by atoms with Crippen LogP contribution in [-0.2, 0) is 10.7 Å². The van der Waals surface area contributed by atoms with Crippen LogP contribution in [0.4, 0.5) is 20.2 Å². The van der Waals surface area contributed by atoms with E-state index < -0.39 is 28.8 Å². The Kier molecular flexibility index (Phi) is 8.16. The molecule has 0 saturated carbocycles. The van der Waals surface area contributed by atoms with Gasteiger partial charge in [-0.15, -0.1) is 0 Å². The van der Waals surface area contributed by atoms with Crippen molar-refractivity contribution in [3.05, 3.63) is 46.0 Å². The molecule has 1 atom stereocenters. The molecular formula is C26H35ClF2N4O4. The van der Waals surface area contributed by atoms with Crippen LogP contribution in [0.2, 0.25) is 5.02 Å². The number of alkyl halides is 2. The molecular weight excluding hydrogens is 506 g/mol. The number of fused-ring (bicyclic) bond motifs is 1. The molecule has 2 aromatic carbocycles. The molecule has 0 amide bonds. The normalized spacial score (nSPS) is 17.0. The smallest absolute Gasteiger partial charge is 0.302 e. The molecule has 0 spiro atoms. The summed E-state index contributed by atoms with van der Waals surface area (Å²) in [7, 11) is 3.14. The fraction of sp³-hybridized carbons (Fsp3) is 0.500. The zero-order valence-corrected chi connectivity index (χ0v) is 22.9. The molecule has 37 heavy (non-hydrogen) atoms. The molecule has 0 aromatic heterocycles. The molecule has 0 bridgehead atoms. The lowest BCUT2D eigenvalue weighted by molar-refractivity contribution is -0.168. The van der Waals surface area contributed by atoms with E-state index in [-0.39, 0.29) is 10.7 Å². The highest BCUT2D eigenvalue weighted by atomic mass is 35.5. The van der Waals surface area contributed by atoms with Gasteiger partial charge in [-0.3, -0.25) is 4.99 Å². The number of methoxy groups -OCH3 is 2. The number of halogens is 3. The quantitative estimate of drug-likeness (QED) is 0.259. The van der Waals surface area contributed by atoms with Gasteiger partial charge in [0, 0.05) is 30.0 Å². The van der Waals surface area contributed by atoms with Crippen molar-refractivity contribution >= 4 is 28.8 Å². The third-order valence-electron chi connectivity index (χ3n) is 5.98. The van der Waals surface area contributed by atoms with E-state index in [4.69, 9.17) is 36.5 Å². The van der Waals surface area contributed by atoms with Gasteiger partial charge < -0.3 is 35.7 Å². The van der Waals surface area contributed by atoms with Crippen LogP contribution >= 0.6 is 11.6 Å². The first-order valence-electron chi connectivity index (χ1n) is 11.8. The Balaban J connectivity index is 2.11. The lowest BCUT2D eigenvalue weighted by atomic mass is 9.91. The number of amidine groups is 1. The van der Waals surface area contributed by atoms with Crippen molar-refractivity contribution < 1.29 is 28.1 Å². The lowest BCUT2D eigenvalue weighted by Gasteiger charge is -2.37. The zero-order valence-electron chi connectivity index (χ0n) is 22.1. The van der Waals surface area contributed by atoms with Crippen LogP contribution in [-0.4, -0.2) is 49.6 Å². The van der Waals surface area contributed by atoms with Gasteiger partial charge in [-0.1, -0.05) is 11.6 Å². The highest BCUT2D eigenvalue weighted by Gasteiger charge is 2.49. The van der Waals surface area contributed by atoms with Gasteiger partial charge in [0.1, 0.15) is 23.7 Å². The number of nitrogens with one attached hydrogen (secondary N) is 2. The molecule has 0 unspecified atom stereocenters. The van der Waals surface area contributed by atoms with E-state index in [1.807, 2.05) is 19.9 Å². The van der Waals surface area contributed by atoms with Crippen LogP contribution in [0, 0.1) is 0 Å². The van der Waals surface area contributed by atoms with Crippen molar-refractivity contribution in [2.75, 3.05) is 38.5 Å². The Hall–Kier alpha value is -2.82. The molecule has 2 aromatic rings. The number of ether oxygens (including phenoxy) is 3. The number of hydrogen-bond donors (Lipinski definition) is 4. The predicted octanol–water partition coefficient (Wildman–Crippen LogP) is 5.08. The standard InChI is InChI=1S/C26H35ClF2N4O4/c1-14(16-10-15(30)11-18(22(16)27)26(28,29)24(2,3)34)31-23-17-12-21(37-9-8-35-6)20(36-7)13-19(17)32-25(4,5)33-23/h10-14,32,34H,8-9,30H2,1-7H3,(H,31,33)/t14-/m1/s1. The highest BCUT2D eigenvalue weighted by molar-refractivity contribution is 6.32. The predicted molar refractivity (Wildman–Crippen MR) is 142 cm³/mol. The van der Waals surface area contributed by atoms with Gasteiger partial charge in [-0.2, -0.15) is 8.78 Å². The number of nitrogens with two attached hydrogens (primary N) is 1. The van der Waals surface area contributed by atoms with Gasteiger partial charge in [-0.25, -0.2) is 0 Å². The molecule has 1 aliphatic heterocycles. The average molecular weight is 541 g/mol. The summed E-state index contributed by atoms with van der Waals surface area (Å²) in [6.07, 6.45) is 0. The molecule has 0 aliphatic carbocycles. The largest absolute Gasteiger partial charge is 0.493 e. The first-order valence-corrected chi connectivity index (χ1v) is 12.2. The maximum Gasteiger partial charge on any atom is 0.302 e. The summed E-state index contributed by atoms with van der Waals surface area (Å²) in [5, 5.41) is 16.6. The van der Waals surface area contributed by atoms with E-state index in [0.717, 1.165) is 25.6 Å². The van der Waals surface area contributed by atoms with Gasteiger partial charge in [0.15, 0.2) is 11.5 Å². The average Bonchev–Trinajstić information content (AvgIpc) is 2.78. The Morgan fingerprint density at radius 3 is 2.38 bits per heavy atom. The molecule has 0 saturated heterocycles. The minimum Gasteiger partial charge on any atom is -0.493 e. The van der Waals surface area contributed by atoms with E-state index in [0.29, 0.717) is 41.7 Å². The van der Waals surface area contributed by atoms with Crippen molar-refractivity contribution in [3.8, 4) is 11.5 Å². The van der Waals surface area contributed by atoms with Crippen LogP contribution < -0.4 is 25.8 Å². The second-order valence-corrected chi connectivity index (χ2v) is 10.4. The molecule has 11 heteroatoms. The highest BCUT2D eigenvalue weighted by Crippen LogP contribution is 2.45. The third kappa shape index (κ3) is 6.02. The van der Waals surface area contributed by atoms with E-state index in [1.54, 1.807) is 27.2 Å². The number of aliphatic hydroxyl groups is 1. The summed E-state index contributed by atoms with van der Waals surface area (Å²) in [6, 6.07) is 5.54. The number of anilines is 2. The summed E-state index contributed by atoms with van der Waals surface area (Å²) < 4.78 is 46.5. The van der Waals surface area contributed by atoms with Crippen LogP contribution in [0.5, 0.6) is 11.5 Å². The van der Waals surface area contributed by atoms with Crippen molar-refractivity contribution in [3.63, 3.8) is 0 Å². The van der Waals surface area contributed by atoms with E-state index >= 15 is 8.78 Å². The lowest BCUT2D eigenvalue weighted by Crippen LogP contribution is -2.53. The monoisotopic (exact) mass is 540 g/mol. The van der Waals surface area contributed by atoms with Gasteiger partial charge in [0.05, 0.1) is 30.5 Å². The van der Waals surface area contributed by atoms with Crippen LogP contribution in [0.15, 0.2) is 29.3 Å². The van der Waals surface area contributed by atoms with Crippen molar-refractivity contribution in [1.82, 2.24) is 5.32 Å². The molecule has 5 N–H and O–H groups in total. The molecule has 3 rings (SSSR count). The van der Waals surface area contributed by atoms with Gasteiger partial charge in [0.25, 0.3) is 0 Å². The first-order chi connectivity index (χ1) is 17.1. The Morgan fingerprint density at radius 1 is 1.11 bits per heavy atom. The summed E-state index contributed by atoms with van der Waals surface area (Å²) in [6.45, 7) is 8.35. The number of rotatable bonds is 9. The van der Waals surface area contributed by atoms with E-state index in [2.05, 4.69) is 10.6 Å². The van der Waals surface area contributed by atoms with Crippen LogP contribution in [0.1, 0.15) is 57.4 Å². The number of nitrogen functional groups attached to an aromatic ring is 1. The summed E-state index contributed by atoms with van der Waals surface area (Å²) in [4.78, 5) is 4.82. The first kappa shape index (κ1) is 28.7. The van der Waals surface area contributed by atoms with Crippen LogP contribution in [0.25, 0.3) is 0 Å². The van der Waals surface area contributed by atoms with E-state index in [1.165, 1.54) is 6.07 Å². The second kappa shape index (κ2) is 10.5. The maximum atomic E-state index is 15.1. The zero-order chi connectivity index (χ0) is 27.8. The summed E-state index contributed by atoms with van der Waals surface area (Å²) >= 11 is 6.48. The van der Waals surface area contributed by atoms with Crippen LogP contribution in [0.3, 0.4) is 0 Å². The Labute approximate surface area is 221 Å². The van der Waals surface area contributed by atoms with Gasteiger partial charge >= 0.3 is 5.92 Å². The second-order valence-electron chi connectivity index (χ2n) is 10.0. The van der Waals surface area contributed by atoms with Crippen molar-refractivity contribution in [1.29, 1.82) is 0 Å². The molecule has 8 nitrogen and oxygen atoms in total. The molecule has 204 valence electrons. The topological polar surface area (TPSA) is 110 Å². The van der Waals surface area contributed by atoms with E-state index in [9.17, 15) is 5.11 Å². The third-order valence-corrected chi connectivity index (χ3v) is 6.41. The van der Waals surface area contributed by atoms with Gasteiger partial charge in [-0.05, 0) is 58.4 Å². The molecule has 0 fully saturated rings. The van der Waals surface area contributed by atoms with Gasteiger partial charge in [0.2, 0.25) is 0 Å². The fourth-order valence-corrected chi connectivity index (χ4v) is 4.38.